The van der Waals surface area contributed by atoms with E-state index in [1.165, 1.54) is 12.3 Å². The van der Waals surface area contributed by atoms with Crippen molar-refractivity contribution in [2.75, 3.05) is 26.2 Å². The Morgan fingerprint density at radius 2 is 2.03 bits per heavy atom. The van der Waals surface area contributed by atoms with Crippen molar-refractivity contribution in [2.24, 2.45) is 0 Å². The first-order valence-corrected chi connectivity index (χ1v) is 13.2. The molecule has 0 saturated carbocycles. The standard InChI is InChI=1S/C28H30ClFN4O3.H2S/c1-3-12-37-28(36)34-11-10-33(16-17(34)2)27(35)19-5-8-22-25(14-19)32-24-13-18(4-7-21(24)26(22)29)23-9-6-20(30)15-31-23;/h5-6,8-9,14-15,17-18H,3-4,7,10-13,16H2,1-2H3;1H2/t17-,18?;/m0./s1. The molecule has 0 spiro atoms. The summed E-state index contributed by atoms with van der Waals surface area (Å²) in [4.78, 5) is 38.3. The van der Waals surface area contributed by atoms with Crippen LogP contribution >= 0.6 is 25.1 Å². The van der Waals surface area contributed by atoms with Gasteiger partial charge in [-0.25, -0.2) is 9.18 Å². The summed E-state index contributed by atoms with van der Waals surface area (Å²) in [7, 11) is 0. The van der Waals surface area contributed by atoms with Crippen LogP contribution in [0.2, 0.25) is 5.02 Å². The number of amides is 2. The lowest BCUT2D eigenvalue weighted by Gasteiger charge is -2.39. The molecule has 0 radical (unpaired) electrons. The summed E-state index contributed by atoms with van der Waals surface area (Å²) in [5, 5.41) is 1.50. The van der Waals surface area contributed by atoms with Gasteiger partial charge >= 0.3 is 6.09 Å². The van der Waals surface area contributed by atoms with Crippen molar-refractivity contribution in [3.05, 3.63) is 69.9 Å². The average Bonchev–Trinajstić information content (AvgIpc) is 2.91. The Labute approximate surface area is 233 Å². The van der Waals surface area contributed by atoms with Crippen LogP contribution in [0.25, 0.3) is 10.9 Å². The van der Waals surface area contributed by atoms with Gasteiger partial charge in [0.25, 0.3) is 5.91 Å². The molecule has 2 atom stereocenters. The maximum Gasteiger partial charge on any atom is 0.410 e. The lowest BCUT2D eigenvalue weighted by Crippen LogP contribution is -2.55. The summed E-state index contributed by atoms with van der Waals surface area (Å²) in [5.41, 5.74) is 4.00. The molecule has 202 valence electrons. The van der Waals surface area contributed by atoms with Crippen molar-refractivity contribution < 1.29 is 18.7 Å². The van der Waals surface area contributed by atoms with Gasteiger partial charge in [0.15, 0.2) is 0 Å². The number of nitrogens with zero attached hydrogens (tertiary/aromatic N) is 4. The number of carbonyl (C=O) groups excluding carboxylic acids is 2. The van der Waals surface area contributed by atoms with E-state index in [2.05, 4.69) is 4.98 Å². The van der Waals surface area contributed by atoms with Gasteiger partial charge in [-0.2, -0.15) is 13.5 Å². The molecular formula is C28H32ClFN4O3S. The minimum absolute atomic E-state index is 0. The number of aromatic nitrogens is 2. The molecule has 1 saturated heterocycles. The third-order valence-electron chi connectivity index (χ3n) is 7.28. The summed E-state index contributed by atoms with van der Waals surface area (Å²) >= 11 is 6.81. The Hall–Kier alpha value is -2.91. The second-order valence-corrected chi connectivity index (χ2v) is 10.2. The molecule has 1 aliphatic carbocycles. The number of ether oxygens (including phenoxy) is 1. The molecule has 38 heavy (non-hydrogen) atoms. The van der Waals surface area contributed by atoms with Gasteiger partial charge in [0.2, 0.25) is 0 Å². The largest absolute Gasteiger partial charge is 0.449 e. The van der Waals surface area contributed by atoms with Gasteiger partial charge in [0.05, 0.1) is 23.3 Å². The first-order chi connectivity index (χ1) is 17.9. The van der Waals surface area contributed by atoms with Gasteiger partial charge in [0.1, 0.15) is 5.82 Å². The monoisotopic (exact) mass is 558 g/mol. The number of halogens is 2. The van der Waals surface area contributed by atoms with E-state index in [0.717, 1.165) is 41.6 Å². The molecule has 1 fully saturated rings. The molecule has 5 rings (SSSR count). The van der Waals surface area contributed by atoms with Crippen LogP contribution in [0.3, 0.4) is 0 Å². The predicted octanol–water partition coefficient (Wildman–Crippen LogP) is 5.50. The number of carbonyl (C=O) groups is 2. The Morgan fingerprint density at radius 1 is 1.21 bits per heavy atom. The van der Waals surface area contributed by atoms with E-state index in [-0.39, 0.29) is 43.3 Å². The van der Waals surface area contributed by atoms with E-state index >= 15 is 0 Å². The van der Waals surface area contributed by atoms with Gasteiger partial charge < -0.3 is 14.5 Å². The van der Waals surface area contributed by atoms with Crippen LogP contribution < -0.4 is 0 Å². The molecule has 2 aromatic heterocycles. The number of hydrogen-bond acceptors (Lipinski definition) is 5. The zero-order valence-corrected chi connectivity index (χ0v) is 23.3. The molecular weight excluding hydrogens is 527 g/mol. The van der Waals surface area contributed by atoms with Crippen LogP contribution in [-0.4, -0.2) is 64.1 Å². The molecule has 1 aliphatic heterocycles. The highest BCUT2D eigenvalue weighted by Gasteiger charge is 2.31. The molecule has 10 heteroatoms. The Balaban J connectivity index is 0.00000336. The van der Waals surface area contributed by atoms with Crippen molar-refractivity contribution in [2.45, 2.75) is 51.5 Å². The van der Waals surface area contributed by atoms with E-state index in [1.807, 2.05) is 19.9 Å². The maximum atomic E-state index is 13.4. The summed E-state index contributed by atoms with van der Waals surface area (Å²) in [6.07, 6.45) is 3.99. The second-order valence-electron chi connectivity index (χ2n) is 9.83. The number of piperazine rings is 1. The van der Waals surface area contributed by atoms with Crippen molar-refractivity contribution in [1.82, 2.24) is 19.8 Å². The number of benzene rings is 1. The summed E-state index contributed by atoms with van der Waals surface area (Å²) < 4.78 is 18.6. The van der Waals surface area contributed by atoms with Crippen molar-refractivity contribution in [1.29, 1.82) is 0 Å². The van der Waals surface area contributed by atoms with Gasteiger partial charge in [-0.05, 0) is 62.4 Å². The highest BCUT2D eigenvalue weighted by molar-refractivity contribution is 7.59. The molecule has 3 heterocycles. The summed E-state index contributed by atoms with van der Waals surface area (Å²) in [6.45, 7) is 5.57. The van der Waals surface area contributed by atoms with Crippen molar-refractivity contribution >= 4 is 48.0 Å². The number of pyridine rings is 2. The Morgan fingerprint density at radius 3 is 2.74 bits per heavy atom. The van der Waals surface area contributed by atoms with Gasteiger partial charge in [0, 0.05) is 53.9 Å². The fourth-order valence-electron chi connectivity index (χ4n) is 5.27. The predicted molar refractivity (Wildman–Crippen MR) is 150 cm³/mol. The summed E-state index contributed by atoms with van der Waals surface area (Å²) in [5.74, 6) is -0.309. The van der Waals surface area contributed by atoms with Crippen LogP contribution in [0.5, 0.6) is 0 Å². The fourth-order valence-corrected chi connectivity index (χ4v) is 5.63. The van der Waals surface area contributed by atoms with Gasteiger partial charge in [-0.15, -0.1) is 0 Å². The van der Waals surface area contributed by atoms with Crippen LogP contribution in [0.15, 0.2) is 36.5 Å². The van der Waals surface area contributed by atoms with Crippen LogP contribution in [-0.2, 0) is 17.6 Å². The normalized spacial score (nSPS) is 19.1. The van der Waals surface area contributed by atoms with Gasteiger partial charge in [-0.3, -0.25) is 14.8 Å². The quantitative estimate of drug-likeness (QED) is 0.422. The van der Waals surface area contributed by atoms with Crippen LogP contribution in [0.4, 0.5) is 9.18 Å². The van der Waals surface area contributed by atoms with Gasteiger partial charge in [-0.1, -0.05) is 24.6 Å². The third-order valence-corrected chi connectivity index (χ3v) is 7.71. The van der Waals surface area contributed by atoms with E-state index in [4.69, 9.17) is 21.3 Å². The van der Waals surface area contributed by atoms with Crippen molar-refractivity contribution in [3.63, 3.8) is 0 Å². The van der Waals surface area contributed by atoms with E-state index in [9.17, 15) is 14.0 Å². The molecule has 2 aliphatic rings. The van der Waals surface area contributed by atoms with E-state index < -0.39 is 0 Å². The highest BCUT2D eigenvalue weighted by atomic mass is 35.5. The Bertz CT molecular complexity index is 1340. The minimum Gasteiger partial charge on any atom is -0.449 e. The fraction of sp³-hybridized carbons (Fsp3) is 0.429. The van der Waals surface area contributed by atoms with E-state index in [0.29, 0.717) is 48.8 Å². The second kappa shape index (κ2) is 11.9. The Kier molecular flexibility index (Phi) is 8.78. The third kappa shape index (κ3) is 5.59. The lowest BCUT2D eigenvalue weighted by atomic mass is 9.84. The molecule has 0 N–H and O–H groups in total. The van der Waals surface area contributed by atoms with Crippen LogP contribution in [0, 0.1) is 5.82 Å². The SMILES string of the molecule is CCCOC(=O)N1CCN(C(=O)c2ccc3c(Cl)c4c(nc3c2)CC(c2ccc(F)cn2)CC4)C[C@@H]1C.S. The summed E-state index contributed by atoms with van der Waals surface area (Å²) in [6, 6.07) is 8.49. The molecule has 3 aromatic rings. The van der Waals surface area contributed by atoms with E-state index in [1.54, 1.807) is 28.0 Å². The zero-order chi connectivity index (χ0) is 26.1. The highest BCUT2D eigenvalue weighted by Crippen LogP contribution is 2.38. The molecule has 7 nitrogen and oxygen atoms in total. The van der Waals surface area contributed by atoms with Crippen LogP contribution in [0.1, 0.15) is 59.9 Å². The maximum absolute atomic E-state index is 13.4. The number of hydrogen-bond donors (Lipinski definition) is 0. The first-order valence-electron chi connectivity index (χ1n) is 12.8. The topological polar surface area (TPSA) is 75.6 Å². The number of fused-ring (bicyclic) bond motifs is 2. The molecule has 1 aromatic carbocycles. The number of rotatable bonds is 4. The minimum atomic E-state index is -0.350. The smallest absolute Gasteiger partial charge is 0.410 e. The average molecular weight is 559 g/mol. The molecule has 1 unspecified atom stereocenters. The molecule has 2 amide bonds. The van der Waals surface area contributed by atoms with Crippen molar-refractivity contribution in [3.8, 4) is 0 Å². The molecule has 0 bridgehead atoms. The first kappa shape index (κ1) is 28.1. The lowest BCUT2D eigenvalue weighted by molar-refractivity contribution is 0.0412. The zero-order valence-electron chi connectivity index (χ0n) is 21.5.